The molecule has 0 saturated heterocycles. The van der Waals surface area contributed by atoms with Crippen molar-refractivity contribution in [3.63, 3.8) is 0 Å². The van der Waals surface area contributed by atoms with E-state index in [1.165, 1.54) is 0 Å². The summed E-state index contributed by atoms with van der Waals surface area (Å²) < 4.78 is 30.8. The van der Waals surface area contributed by atoms with Crippen molar-refractivity contribution in [1.29, 1.82) is 0 Å². The third kappa shape index (κ3) is 5.99. The fraction of sp³-hybridized carbons (Fsp3) is 0.375. The summed E-state index contributed by atoms with van der Waals surface area (Å²) in [5, 5.41) is 3.93. The Hall–Kier alpha value is -1.34. The fourth-order valence-electron chi connectivity index (χ4n) is 2.00. The van der Waals surface area contributed by atoms with Gasteiger partial charge in [-0.05, 0) is 56.3 Å². The maximum absolute atomic E-state index is 11.3. The van der Waals surface area contributed by atoms with Crippen molar-refractivity contribution in [2.45, 2.75) is 19.9 Å². The van der Waals surface area contributed by atoms with Gasteiger partial charge in [-0.2, -0.15) is 0 Å². The Morgan fingerprint density at radius 3 is 2.52 bits per heavy atom. The largest absolute Gasteiger partial charge is 0.460 e. The van der Waals surface area contributed by atoms with Crippen LogP contribution in [0.4, 0.5) is 0 Å². The van der Waals surface area contributed by atoms with Gasteiger partial charge < -0.3 is 9.73 Å². The van der Waals surface area contributed by atoms with Crippen molar-refractivity contribution in [1.82, 2.24) is 10.0 Å². The van der Waals surface area contributed by atoms with Crippen LogP contribution in [0.15, 0.2) is 40.8 Å². The minimum Gasteiger partial charge on any atom is -0.460 e. The van der Waals surface area contributed by atoms with Gasteiger partial charge in [0, 0.05) is 17.1 Å². The summed E-state index contributed by atoms with van der Waals surface area (Å²) >= 11 is 5.87. The summed E-state index contributed by atoms with van der Waals surface area (Å²) in [6.45, 7) is 3.38. The Kier molecular flexibility index (Phi) is 6.65. The van der Waals surface area contributed by atoms with Gasteiger partial charge in [0.25, 0.3) is 0 Å². The molecule has 0 radical (unpaired) electrons. The number of halogens is 1. The number of furan rings is 1. The molecule has 0 bridgehead atoms. The minimum absolute atomic E-state index is 0.111. The second-order valence-corrected chi connectivity index (χ2v) is 7.63. The van der Waals surface area contributed by atoms with Crippen LogP contribution in [0.2, 0.25) is 5.02 Å². The van der Waals surface area contributed by atoms with E-state index in [0.29, 0.717) is 24.7 Å². The van der Waals surface area contributed by atoms with E-state index in [1.807, 2.05) is 36.4 Å². The van der Waals surface area contributed by atoms with Crippen LogP contribution in [-0.4, -0.2) is 27.3 Å². The molecule has 0 spiro atoms. The lowest BCUT2D eigenvalue weighted by atomic mass is 10.2. The first kappa shape index (κ1) is 18.0. The monoisotopic (exact) mass is 356 g/mol. The lowest BCUT2D eigenvalue weighted by Gasteiger charge is -2.05. The zero-order valence-corrected chi connectivity index (χ0v) is 14.6. The molecule has 2 aromatic rings. The van der Waals surface area contributed by atoms with Crippen LogP contribution in [0, 0.1) is 0 Å². The summed E-state index contributed by atoms with van der Waals surface area (Å²) in [7, 11) is -3.09. The van der Waals surface area contributed by atoms with E-state index in [1.54, 1.807) is 6.92 Å². The number of hydrogen-bond donors (Lipinski definition) is 2. The highest BCUT2D eigenvalue weighted by atomic mass is 35.5. The average molecular weight is 357 g/mol. The molecule has 2 rings (SSSR count). The van der Waals surface area contributed by atoms with Crippen LogP contribution >= 0.6 is 11.6 Å². The Labute approximate surface area is 142 Å². The van der Waals surface area contributed by atoms with E-state index in [-0.39, 0.29) is 5.75 Å². The predicted octanol–water partition coefficient (Wildman–Crippen LogP) is 3.02. The van der Waals surface area contributed by atoms with Crippen LogP contribution in [0.1, 0.15) is 19.1 Å². The van der Waals surface area contributed by atoms with Crippen LogP contribution in [0.5, 0.6) is 0 Å². The molecular formula is C16H21ClN2O3S. The van der Waals surface area contributed by atoms with Gasteiger partial charge >= 0.3 is 0 Å². The second kappa shape index (κ2) is 8.49. The molecule has 0 unspecified atom stereocenters. The molecule has 7 heteroatoms. The molecule has 1 aromatic carbocycles. The molecule has 126 valence electrons. The zero-order valence-electron chi connectivity index (χ0n) is 13.0. The third-order valence-corrected chi connectivity index (χ3v) is 4.98. The van der Waals surface area contributed by atoms with Crippen molar-refractivity contribution < 1.29 is 12.8 Å². The molecular weight excluding hydrogens is 336 g/mol. The molecule has 0 aliphatic rings. The van der Waals surface area contributed by atoms with Crippen LogP contribution in [-0.2, 0) is 16.6 Å². The Morgan fingerprint density at radius 2 is 1.83 bits per heavy atom. The molecule has 0 aliphatic heterocycles. The number of nitrogens with one attached hydrogen (secondary N) is 2. The van der Waals surface area contributed by atoms with Crippen molar-refractivity contribution in [2.24, 2.45) is 0 Å². The Balaban J connectivity index is 1.72. The summed E-state index contributed by atoms with van der Waals surface area (Å²) in [4.78, 5) is 0. The summed E-state index contributed by atoms with van der Waals surface area (Å²) in [6.07, 6.45) is 0.726. The molecule has 2 N–H and O–H groups in total. The molecule has 23 heavy (non-hydrogen) atoms. The van der Waals surface area contributed by atoms with E-state index < -0.39 is 10.0 Å². The fourth-order valence-corrected chi connectivity index (χ4v) is 2.78. The van der Waals surface area contributed by atoms with Crippen molar-refractivity contribution in [3.8, 4) is 11.3 Å². The molecule has 1 aromatic heterocycles. The van der Waals surface area contributed by atoms with Gasteiger partial charge in [0.15, 0.2) is 0 Å². The van der Waals surface area contributed by atoms with Gasteiger partial charge in [0.1, 0.15) is 11.5 Å². The quantitative estimate of drug-likeness (QED) is 0.677. The second-order valence-electron chi connectivity index (χ2n) is 5.10. The van der Waals surface area contributed by atoms with Crippen LogP contribution < -0.4 is 10.0 Å². The Morgan fingerprint density at radius 1 is 1.09 bits per heavy atom. The lowest BCUT2D eigenvalue weighted by molar-refractivity contribution is 0.490. The zero-order chi connectivity index (χ0) is 16.7. The molecule has 0 amide bonds. The summed E-state index contributed by atoms with van der Waals surface area (Å²) in [5.41, 5.74) is 0.981. The molecule has 0 fully saturated rings. The summed E-state index contributed by atoms with van der Waals surface area (Å²) in [6, 6.07) is 11.3. The van der Waals surface area contributed by atoms with E-state index in [0.717, 1.165) is 23.5 Å². The average Bonchev–Trinajstić information content (AvgIpc) is 3.00. The van der Waals surface area contributed by atoms with Crippen LogP contribution in [0.25, 0.3) is 11.3 Å². The van der Waals surface area contributed by atoms with Gasteiger partial charge in [-0.3, -0.25) is 0 Å². The van der Waals surface area contributed by atoms with Crippen molar-refractivity contribution in [2.75, 3.05) is 18.8 Å². The lowest BCUT2D eigenvalue weighted by Crippen LogP contribution is -2.28. The first-order chi connectivity index (χ1) is 11.0. The normalized spacial score (nSPS) is 11.7. The number of sulfonamides is 1. The highest BCUT2D eigenvalue weighted by molar-refractivity contribution is 7.89. The van der Waals surface area contributed by atoms with Crippen molar-refractivity contribution >= 4 is 21.6 Å². The molecule has 0 saturated carbocycles. The first-order valence-electron chi connectivity index (χ1n) is 7.53. The molecule has 0 aliphatic carbocycles. The van der Waals surface area contributed by atoms with Crippen molar-refractivity contribution in [3.05, 3.63) is 47.2 Å². The van der Waals surface area contributed by atoms with E-state index in [9.17, 15) is 8.42 Å². The highest BCUT2D eigenvalue weighted by Crippen LogP contribution is 2.23. The highest BCUT2D eigenvalue weighted by Gasteiger charge is 2.06. The minimum atomic E-state index is -3.09. The molecule has 0 atom stereocenters. The maximum Gasteiger partial charge on any atom is 0.211 e. The van der Waals surface area contributed by atoms with E-state index in [2.05, 4.69) is 10.0 Å². The third-order valence-electron chi connectivity index (χ3n) is 3.32. The summed E-state index contributed by atoms with van der Waals surface area (Å²) in [5.74, 6) is 1.75. The van der Waals surface area contributed by atoms with Gasteiger partial charge in [-0.15, -0.1) is 0 Å². The van der Waals surface area contributed by atoms with Gasteiger partial charge in [0.05, 0.1) is 12.3 Å². The van der Waals surface area contributed by atoms with E-state index in [4.69, 9.17) is 16.0 Å². The van der Waals surface area contributed by atoms with E-state index >= 15 is 0 Å². The van der Waals surface area contributed by atoms with Gasteiger partial charge in [-0.1, -0.05) is 11.6 Å². The number of benzene rings is 1. The maximum atomic E-state index is 11.3. The topological polar surface area (TPSA) is 71.3 Å². The van der Waals surface area contributed by atoms with Gasteiger partial charge in [-0.25, -0.2) is 13.1 Å². The standard InChI is InChI=1S/C16H21ClN2O3S/c1-2-23(20,21)19-11-3-10-18-12-15-8-9-16(22-15)13-4-6-14(17)7-5-13/h4-9,18-19H,2-3,10-12H2,1H3. The molecule has 5 nitrogen and oxygen atoms in total. The first-order valence-corrected chi connectivity index (χ1v) is 9.56. The smallest absolute Gasteiger partial charge is 0.211 e. The SMILES string of the molecule is CCS(=O)(=O)NCCCNCc1ccc(-c2ccc(Cl)cc2)o1. The number of rotatable bonds is 9. The van der Waals surface area contributed by atoms with Gasteiger partial charge in [0.2, 0.25) is 10.0 Å². The Bertz CT molecular complexity index is 711. The predicted molar refractivity (Wildman–Crippen MR) is 92.9 cm³/mol. The molecule has 1 heterocycles. The number of hydrogen-bond acceptors (Lipinski definition) is 4. The van der Waals surface area contributed by atoms with Crippen LogP contribution in [0.3, 0.4) is 0 Å².